The van der Waals surface area contributed by atoms with Gasteiger partial charge in [0, 0.05) is 7.05 Å². The van der Waals surface area contributed by atoms with Crippen molar-refractivity contribution in [1.82, 2.24) is 0 Å². The van der Waals surface area contributed by atoms with E-state index in [0.29, 0.717) is 35.2 Å². The van der Waals surface area contributed by atoms with Crippen LogP contribution in [0.1, 0.15) is 13.3 Å². The molecule has 0 fully saturated rings. The Labute approximate surface area is 200 Å². The molecule has 0 heterocycles. The second kappa shape index (κ2) is 11.4. The molecule has 0 spiro atoms. The quantitative estimate of drug-likeness (QED) is 0.436. The highest BCUT2D eigenvalue weighted by Gasteiger charge is 2.21. The van der Waals surface area contributed by atoms with E-state index in [1.54, 1.807) is 48.5 Å². The molecular formula is C25H28N2O6S. The molecule has 0 aliphatic rings. The fourth-order valence-electron chi connectivity index (χ4n) is 3.04. The third-order valence-corrected chi connectivity index (χ3v) is 6.71. The molecule has 1 amide bonds. The third-order valence-electron chi connectivity index (χ3n) is 4.91. The van der Waals surface area contributed by atoms with Gasteiger partial charge in [-0.05, 0) is 67.1 Å². The normalized spacial score (nSPS) is 10.9. The van der Waals surface area contributed by atoms with Gasteiger partial charge in [0.2, 0.25) is 0 Å². The Bertz CT molecular complexity index is 1190. The Balaban J connectivity index is 1.60. The monoisotopic (exact) mass is 484 g/mol. The van der Waals surface area contributed by atoms with Crippen LogP contribution in [-0.4, -0.2) is 41.7 Å². The second-order valence-electron chi connectivity index (χ2n) is 7.32. The van der Waals surface area contributed by atoms with Gasteiger partial charge in [0.25, 0.3) is 15.9 Å². The van der Waals surface area contributed by atoms with E-state index in [1.807, 2.05) is 19.1 Å². The van der Waals surface area contributed by atoms with E-state index in [4.69, 9.17) is 14.2 Å². The van der Waals surface area contributed by atoms with E-state index in [1.165, 1.54) is 30.6 Å². The molecule has 9 heteroatoms. The van der Waals surface area contributed by atoms with Crippen LogP contribution in [0.5, 0.6) is 17.2 Å². The molecule has 0 unspecified atom stereocenters. The van der Waals surface area contributed by atoms with Crippen molar-refractivity contribution in [2.24, 2.45) is 0 Å². The molecular weight excluding hydrogens is 456 g/mol. The lowest BCUT2D eigenvalue weighted by atomic mass is 10.3. The maximum Gasteiger partial charge on any atom is 0.264 e. The van der Waals surface area contributed by atoms with Crippen LogP contribution in [0.2, 0.25) is 0 Å². The van der Waals surface area contributed by atoms with Gasteiger partial charge in [0.05, 0.1) is 30.0 Å². The lowest BCUT2D eigenvalue weighted by Crippen LogP contribution is -2.26. The van der Waals surface area contributed by atoms with Crippen LogP contribution >= 0.6 is 0 Å². The maximum atomic E-state index is 12.9. The molecule has 180 valence electrons. The van der Waals surface area contributed by atoms with Gasteiger partial charge in [-0.2, -0.15) is 0 Å². The van der Waals surface area contributed by atoms with Gasteiger partial charge < -0.3 is 19.5 Å². The highest BCUT2D eigenvalue weighted by atomic mass is 32.2. The number of carbonyl (C=O) groups is 1. The number of rotatable bonds is 11. The van der Waals surface area contributed by atoms with Crippen LogP contribution in [0.15, 0.2) is 77.7 Å². The number of methoxy groups -OCH3 is 1. The van der Waals surface area contributed by atoms with Gasteiger partial charge in [0.1, 0.15) is 17.2 Å². The molecule has 1 N–H and O–H groups in total. The molecule has 3 aromatic rings. The predicted octanol–water partition coefficient (Wildman–Crippen LogP) is 4.33. The Hall–Kier alpha value is -3.72. The van der Waals surface area contributed by atoms with Gasteiger partial charge in [-0.3, -0.25) is 9.10 Å². The van der Waals surface area contributed by atoms with E-state index in [-0.39, 0.29) is 17.4 Å². The first-order valence-corrected chi connectivity index (χ1v) is 12.2. The minimum absolute atomic E-state index is 0.149. The van der Waals surface area contributed by atoms with E-state index in [9.17, 15) is 13.2 Å². The van der Waals surface area contributed by atoms with Crippen molar-refractivity contribution in [3.8, 4) is 17.2 Å². The highest BCUT2D eigenvalue weighted by Crippen LogP contribution is 2.26. The largest absolute Gasteiger partial charge is 0.497 e. The van der Waals surface area contributed by atoms with Gasteiger partial charge in [0.15, 0.2) is 6.61 Å². The van der Waals surface area contributed by atoms with Crippen LogP contribution in [0, 0.1) is 0 Å². The summed E-state index contributed by atoms with van der Waals surface area (Å²) in [5.41, 5.74) is 1.03. The summed E-state index contributed by atoms with van der Waals surface area (Å²) in [7, 11) is -0.749. The molecule has 0 radical (unpaired) electrons. The molecule has 0 atom stereocenters. The average molecular weight is 485 g/mol. The number of nitrogens with zero attached hydrogens (tertiary/aromatic N) is 1. The predicted molar refractivity (Wildman–Crippen MR) is 131 cm³/mol. The van der Waals surface area contributed by atoms with Crippen molar-refractivity contribution in [3.05, 3.63) is 72.8 Å². The molecule has 0 saturated carbocycles. The van der Waals surface area contributed by atoms with E-state index < -0.39 is 10.0 Å². The number of benzene rings is 3. The van der Waals surface area contributed by atoms with Crippen LogP contribution in [0.25, 0.3) is 0 Å². The number of para-hydroxylation sites is 2. The summed E-state index contributed by atoms with van der Waals surface area (Å²) in [6.07, 6.45) is 0.859. The fraction of sp³-hybridized carbons (Fsp3) is 0.240. The number of sulfonamides is 1. The first kappa shape index (κ1) is 24.9. The fourth-order valence-corrected chi connectivity index (χ4v) is 4.24. The number of amides is 1. The van der Waals surface area contributed by atoms with Crippen LogP contribution in [0.4, 0.5) is 11.4 Å². The number of nitrogens with one attached hydrogen (secondary N) is 1. The number of anilines is 2. The summed E-state index contributed by atoms with van der Waals surface area (Å²) in [4.78, 5) is 12.5. The summed E-state index contributed by atoms with van der Waals surface area (Å²) >= 11 is 0. The van der Waals surface area contributed by atoms with Gasteiger partial charge in [-0.25, -0.2) is 8.42 Å². The third kappa shape index (κ3) is 6.20. The molecule has 34 heavy (non-hydrogen) atoms. The maximum absolute atomic E-state index is 12.9. The summed E-state index contributed by atoms with van der Waals surface area (Å²) in [6.45, 7) is 2.35. The molecule has 0 aromatic heterocycles. The van der Waals surface area contributed by atoms with Crippen molar-refractivity contribution in [3.63, 3.8) is 0 Å². The van der Waals surface area contributed by atoms with Crippen LogP contribution in [-0.2, 0) is 14.8 Å². The van der Waals surface area contributed by atoms with Crippen molar-refractivity contribution in [2.75, 3.05) is 37.0 Å². The Kier molecular flexibility index (Phi) is 8.37. The molecule has 0 aliphatic heterocycles. The zero-order valence-corrected chi connectivity index (χ0v) is 20.2. The van der Waals surface area contributed by atoms with Gasteiger partial charge in [-0.1, -0.05) is 19.1 Å². The lowest BCUT2D eigenvalue weighted by molar-refractivity contribution is -0.118. The summed E-state index contributed by atoms with van der Waals surface area (Å²) < 4.78 is 43.2. The smallest absolute Gasteiger partial charge is 0.264 e. The summed E-state index contributed by atoms with van der Waals surface area (Å²) in [5, 5.41) is 2.78. The highest BCUT2D eigenvalue weighted by molar-refractivity contribution is 7.92. The molecule has 3 rings (SSSR count). The van der Waals surface area contributed by atoms with Gasteiger partial charge >= 0.3 is 0 Å². The first-order chi connectivity index (χ1) is 16.3. The minimum Gasteiger partial charge on any atom is -0.497 e. The van der Waals surface area contributed by atoms with Crippen molar-refractivity contribution >= 4 is 27.3 Å². The van der Waals surface area contributed by atoms with Crippen molar-refractivity contribution < 1.29 is 27.4 Å². The van der Waals surface area contributed by atoms with E-state index in [2.05, 4.69) is 5.32 Å². The first-order valence-electron chi connectivity index (χ1n) is 10.7. The summed E-state index contributed by atoms with van der Waals surface area (Å²) in [5.74, 6) is 1.27. The van der Waals surface area contributed by atoms with Crippen LogP contribution in [0.3, 0.4) is 0 Å². The average Bonchev–Trinajstić information content (AvgIpc) is 2.87. The van der Waals surface area contributed by atoms with Gasteiger partial charge in [-0.15, -0.1) is 0 Å². The number of hydrogen-bond donors (Lipinski definition) is 1. The molecule has 8 nitrogen and oxygen atoms in total. The lowest BCUT2D eigenvalue weighted by Gasteiger charge is -2.20. The van der Waals surface area contributed by atoms with Crippen LogP contribution < -0.4 is 23.8 Å². The summed E-state index contributed by atoms with van der Waals surface area (Å²) in [6, 6.07) is 19.8. The molecule has 0 saturated heterocycles. The van der Waals surface area contributed by atoms with Crippen molar-refractivity contribution in [1.29, 1.82) is 0 Å². The SMILES string of the molecule is CCCOc1ccccc1NC(=O)COc1ccc(N(C)S(=O)(=O)c2ccc(OC)cc2)cc1. The Morgan fingerprint density at radius 1 is 0.912 bits per heavy atom. The van der Waals surface area contributed by atoms with Crippen molar-refractivity contribution in [2.45, 2.75) is 18.2 Å². The van der Waals surface area contributed by atoms with E-state index >= 15 is 0 Å². The number of hydrogen-bond acceptors (Lipinski definition) is 6. The standard InChI is InChI=1S/C25H28N2O6S/c1-4-17-32-24-8-6-5-7-23(24)26-25(28)18-33-21-11-9-19(10-12-21)27(2)34(29,30)22-15-13-20(31-3)14-16-22/h5-16H,4,17-18H2,1-3H3,(H,26,28). The van der Waals surface area contributed by atoms with E-state index in [0.717, 1.165) is 6.42 Å². The number of ether oxygens (including phenoxy) is 3. The topological polar surface area (TPSA) is 94.2 Å². The molecule has 3 aromatic carbocycles. The Morgan fingerprint density at radius 3 is 2.21 bits per heavy atom. The zero-order valence-electron chi connectivity index (χ0n) is 19.4. The second-order valence-corrected chi connectivity index (χ2v) is 9.29. The minimum atomic E-state index is -3.74. The number of carbonyl (C=O) groups excluding carboxylic acids is 1. The molecule has 0 bridgehead atoms. The zero-order chi connectivity index (χ0) is 24.6. The Morgan fingerprint density at radius 2 is 1.56 bits per heavy atom. The molecule has 0 aliphatic carbocycles.